The van der Waals surface area contributed by atoms with Crippen LogP contribution < -0.4 is 10.6 Å². The molecule has 1 amide bonds. The van der Waals surface area contributed by atoms with Crippen molar-refractivity contribution in [1.29, 1.82) is 0 Å². The first-order valence-electron chi connectivity index (χ1n) is 7.91. The van der Waals surface area contributed by atoms with E-state index in [1.165, 1.54) is 24.8 Å². The molecule has 0 radical (unpaired) electrons. The number of halogens is 2. The molecule has 1 saturated carbocycles. The van der Waals surface area contributed by atoms with Gasteiger partial charge in [-0.2, -0.15) is 0 Å². The monoisotopic (exact) mass is 386 g/mol. The van der Waals surface area contributed by atoms with Crippen molar-refractivity contribution in [3.8, 4) is 0 Å². The van der Waals surface area contributed by atoms with Gasteiger partial charge < -0.3 is 10.6 Å². The summed E-state index contributed by atoms with van der Waals surface area (Å²) >= 11 is 3.53. The van der Waals surface area contributed by atoms with E-state index in [0.717, 1.165) is 30.5 Å². The molecule has 0 bridgehead atoms. The van der Waals surface area contributed by atoms with Crippen molar-refractivity contribution in [2.45, 2.75) is 37.5 Å². The molecule has 2 N–H and O–H groups in total. The molecule has 1 heterocycles. The Morgan fingerprint density at radius 2 is 2.23 bits per heavy atom. The highest BCUT2D eigenvalue weighted by Crippen LogP contribution is 2.48. The molecule has 1 aliphatic heterocycles. The van der Waals surface area contributed by atoms with Crippen LogP contribution in [0.15, 0.2) is 28.7 Å². The van der Waals surface area contributed by atoms with Gasteiger partial charge in [-0.1, -0.05) is 28.1 Å². The molecule has 1 atom stereocenters. The van der Waals surface area contributed by atoms with E-state index in [1.807, 2.05) is 6.07 Å². The maximum Gasteiger partial charge on any atom is 0.220 e. The van der Waals surface area contributed by atoms with E-state index in [9.17, 15) is 4.79 Å². The number of nitrogens with one attached hydrogen (secondary N) is 2. The summed E-state index contributed by atoms with van der Waals surface area (Å²) in [6, 6.07) is 8.49. The third kappa shape index (κ3) is 4.46. The zero-order valence-corrected chi connectivity index (χ0v) is 15.1. The van der Waals surface area contributed by atoms with E-state index in [2.05, 4.69) is 44.8 Å². The lowest BCUT2D eigenvalue weighted by Gasteiger charge is -2.17. The summed E-state index contributed by atoms with van der Waals surface area (Å²) in [7, 11) is 0. The van der Waals surface area contributed by atoms with E-state index in [4.69, 9.17) is 0 Å². The number of rotatable bonds is 6. The maximum atomic E-state index is 12.0. The Bertz CT molecular complexity index is 513. The SMILES string of the molecule is Cl.O=C(CCC1CCNC1)NCC1(c2cccc(Br)c2)CC1. The average molecular weight is 388 g/mol. The van der Waals surface area contributed by atoms with Crippen LogP contribution in [0.5, 0.6) is 0 Å². The summed E-state index contributed by atoms with van der Waals surface area (Å²) in [5.41, 5.74) is 1.53. The minimum absolute atomic E-state index is 0. The molecule has 2 aliphatic rings. The standard InChI is InChI=1S/C17H23BrN2O.ClH/c18-15-3-1-2-14(10-15)17(7-8-17)12-20-16(21)5-4-13-6-9-19-11-13;/h1-3,10,13,19H,4-9,11-12H2,(H,20,21);1H. The molecule has 0 spiro atoms. The summed E-state index contributed by atoms with van der Waals surface area (Å²) in [6.45, 7) is 2.97. The van der Waals surface area contributed by atoms with Crippen LogP contribution in [0, 0.1) is 5.92 Å². The fourth-order valence-electron chi connectivity index (χ4n) is 3.19. The molecule has 3 rings (SSSR count). The smallest absolute Gasteiger partial charge is 0.220 e. The second-order valence-corrected chi connectivity index (χ2v) is 7.38. The third-order valence-corrected chi connectivity index (χ3v) is 5.35. The van der Waals surface area contributed by atoms with Gasteiger partial charge in [-0.25, -0.2) is 0 Å². The van der Waals surface area contributed by atoms with Crippen LogP contribution in [-0.2, 0) is 10.2 Å². The predicted octanol–water partition coefficient (Wildman–Crippen LogP) is 3.41. The Kier molecular flexibility index (Phi) is 6.30. The summed E-state index contributed by atoms with van der Waals surface area (Å²) in [5, 5.41) is 6.51. The third-order valence-electron chi connectivity index (χ3n) is 4.86. The molecule has 22 heavy (non-hydrogen) atoms. The van der Waals surface area contributed by atoms with Crippen molar-refractivity contribution < 1.29 is 4.79 Å². The van der Waals surface area contributed by atoms with Gasteiger partial charge in [0.05, 0.1) is 0 Å². The summed E-state index contributed by atoms with van der Waals surface area (Å²) in [6.07, 6.45) is 5.26. The summed E-state index contributed by atoms with van der Waals surface area (Å²) < 4.78 is 1.12. The Balaban J connectivity index is 0.00000176. The summed E-state index contributed by atoms with van der Waals surface area (Å²) in [5.74, 6) is 0.902. The zero-order chi connectivity index (χ0) is 14.7. The molecule has 122 valence electrons. The predicted molar refractivity (Wildman–Crippen MR) is 95.5 cm³/mol. The normalized spacial score (nSPS) is 22.0. The van der Waals surface area contributed by atoms with Crippen LogP contribution in [0.1, 0.15) is 37.7 Å². The van der Waals surface area contributed by atoms with Crippen molar-refractivity contribution in [2.75, 3.05) is 19.6 Å². The minimum Gasteiger partial charge on any atom is -0.355 e. The van der Waals surface area contributed by atoms with Crippen LogP contribution in [-0.4, -0.2) is 25.5 Å². The fourth-order valence-corrected chi connectivity index (χ4v) is 3.59. The molecule has 2 fully saturated rings. The lowest BCUT2D eigenvalue weighted by Crippen LogP contribution is -2.32. The number of amides is 1. The van der Waals surface area contributed by atoms with Gasteiger partial charge in [-0.3, -0.25) is 4.79 Å². The van der Waals surface area contributed by atoms with E-state index in [-0.39, 0.29) is 23.7 Å². The van der Waals surface area contributed by atoms with Gasteiger partial charge in [-0.15, -0.1) is 12.4 Å². The minimum atomic E-state index is 0. The highest BCUT2D eigenvalue weighted by Gasteiger charge is 2.44. The highest BCUT2D eigenvalue weighted by molar-refractivity contribution is 9.10. The van der Waals surface area contributed by atoms with E-state index >= 15 is 0 Å². The Labute approximate surface area is 147 Å². The summed E-state index contributed by atoms with van der Waals surface area (Å²) in [4.78, 5) is 12.0. The van der Waals surface area contributed by atoms with Crippen molar-refractivity contribution in [3.05, 3.63) is 34.3 Å². The van der Waals surface area contributed by atoms with Crippen LogP contribution in [0.2, 0.25) is 0 Å². The molecule has 5 heteroatoms. The number of hydrogen-bond donors (Lipinski definition) is 2. The lowest BCUT2D eigenvalue weighted by atomic mass is 9.96. The molecular formula is C17H24BrClN2O. The largest absolute Gasteiger partial charge is 0.355 e. The van der Waals surface area contributed by atoms with E-state index < -0.39 is 0 Å². The first-order chi connectivity index (χ1) is 10.2. The Morgan fingerprint density at radius 3 is 2.86 bits per heavy atom. The molecule has 1 aromatic rings. The first-order valence-corrected chi connectivity index (χ1v) is 8.71. The Morgan fingerprint density at radius 1 is 1.41 bits per heavy atom. The average Bonchev–Trinajstić information content (AvgIpc) is 3.10. The molecule has 0 aromatic heterocycles. The van der Waals surface area contributed by atoms with Gasteiger partial charge in [0.1, 0.15) is 0 Å². The number of hydrogen-bond acceptors (Lipinski definition) is 2. The lowest BCUT2D eigenvalue weighted by molar-refractivity contribution is -0.121. The number of benzene rings is 1. The van der Waals surface area contributed by atoms with Gasteiger partial charge in [-0.05, 0) is 62.4 Å². The first kappa shape index (κ1) is 17.8. The zero-order valence-electron chi connectivity index (χ0n) is 12.7. The van der Waals surface area contributed by atoms with Gasteiger partial charge >= 0.3 is 0 Å². The maximum absolute atomic E-state index is 12.0. The van der Waals surface area contributed by atoms with Crippen molar-refractivity contribution in [3.63, 3.8) is 0 Å². The molecule has 1 saturated heterocycles. The van der Waals surface area contributed by atoms with Crippen LogP contribution in [0.25, 0.3) is 0 Å². The Hall–Kier alpha value is -0.580. The number of carbonyl (C=O) groups excluding carboxylic acids is 1. The van der Waals surface area contributed by atoms with Gasteiger partial charge in [0.25, 0.3) is 0 Å². The van der Waals surface area contributed by atoms with Crippen molar-refractivity contribution in [1.82, 2.24) is 10.6 Å². The fraction of sp³-hybridized carbons (Fsp3) is 0.588. The van der Waals surface area contributed by atoms with Crippen LogP contribution in [0.4, 0.5) is 0 Å². The second-order valence-electron chi connectivity index (χ2n) is 6.46. The topological polar surface area (TPSA) is 41.1 Å². The van der Waals surface area contributed by atoms with Gasteiger partial charge in [0.15, 0.2) is 0 Å². The molecule has 3 nitrogen and oxygen atoms in total. The van der Waals surface area contributed by atoms with Gasteiger partial charge in [0.2, 0.25) is 5.91 Å². The van der Waals surface area contributed by atoms with E-state index in [0.29, 0.717) is 12.3 Å². The van der Waals surface area contributed by atoms with Gasteiger partial charge in [0, 0.05) is 22.9 Å². The van der Waals surface area contributed by atoms with Crippen LogP contribution >= 0.6 is 28.3 Å². The second kappa shape index (κ2) is 7.80. The van der Waals surface area contributed by atoms with Crippen molar-refractivity contribution >= 4 is 34.2 Å². The van der Waals surface area contributed by atoms with E-state index in [1.54, 1.807) is 0 Å². The molecular weight excluding hydrogens is 364 g/mol. The molecule has 1 unspecified atom stereocenters. The quantitative estimate of drug-likeness (QED) is 0.785. The van der Waals surface area contributed by atoms with Crippen LogP contribution in [0.3, 0.4) is 0 Å². The van der Waals surface area contributed by atoms with Crippen molar-refractivity contribution in [2.24, 2.45) is 5.92 Å². The highest BCUT2D eigenvalue weighted by atomic mass is 79.9. The number of carbonyl (C=O) groups is 1. The molecule has 1 aromatic carbocycles. The molecule has 1 aliphatic carbocycles.